The largest absolute Gasteiger partial charge is 0.371 e. The van der Waals surface area contributed by atoms with Crippen molar-refractivity contribution in [3.05, 3.63) is 108 Å². The first-order valence-electron chi connectivity index (χ1n) is 12.7. The smallest absolute Gasteiger partial charge is 0.234 e. The van der Waals surface area contributed by atoms with Crippen molar-refractivity contribution in [2.45, 2.75) is 12.8 Å². The van der Waals surface area contributed by atoms with Crippen molar-refractivity contribution in [3.63, 3.8) is 0 Å². The Bertz CT molecular complexity index is 1730. The lowest BCUT2D eigenvalue weighted by atomic mass is 9.95. The first-order chi connectivity index (χ1) is 18.6. The van der Waals surface area contributed by atoms with Crippen molar-refractivity contribution in [3.8, 4) is 6.07 Å². The van der Waals surface area contributed by atoms with E-state index in [4.69, 9.17) is 0 Å². The van der Waals surface area contributed by atoms with Crippen LogP contribution in [-0.4, -0.2) is 28.5 Å². The average Bonchev–Trinajstić information content (AvgIpc) is 3.35. The number of para-hydroxylation sites is 1. The van der Waals surface area contributed by atoms with Crippen LogP contribution < -0.4 is 4.90 Å². The molecule has 1 aliphatic rings. The molecule has 3 heterocycles. The SMILES string of the molecule is N#CC(=Cc1cccc2cnccc12)c1cn(C(=O)C2CCN(c3cccc(F)c3)CC2)c2ccccc12. The van der Waals surface area contributed by atoms with Gasteiger partial charge in [0.25, 0.3) is 0 Å². The van der Waals surface area contributed by atoms with Crippen molar-refractivity contribution in [2.24, 2.45) is 5.92 Å². The van der Waals surface area contributed by atoms with Crippen molar-refractivity contribution in [1.29, 1.82) is 5.26 Å². The lowest BCUT2D eigenvalue weighted by molar-refractivity contribution is 0.0819. The van der Waals surface area contributed by atoms with E-state index in [2.05, 4.69) is 16.0 Å². The summed E-state index contributed by atoms with van der Waals surface area (Å²) in [5.41, 5.74) is 3.80. The molecule has 2 aromatic heterocycles. The van der Waals surface area contributed by atoms with Gasteiger partial charge >= 0.3 is 0 Å². The molecule has 38 heavy (non-hydrogen) atoms. The number of hydrogen-bond acceptors (Lipinski definition) is 4. The van der Waals surface area contributed by atoms with Crippen LogP contribution in [0.15, 0.2) is 91.4 Å². The monoisotopic (exact) mass is 500 g/mol. The number of aromatic nitrogens is 2. The topological polar surface area (TPSA) is 61.9 Å². The number of hydrogen-bond donors (Lipinski definition) is 0. The molecule has 1 aliphatic heterocycles. The molecule has 0 bridgehead atoms. The van der Waals surface area contributed by atoms with Crippen LogP contribution in [0, 0.1) is 23.1 Å². The van der Waals surface area contributed by atoms with Gasteiger partial charge in [0.2, 0.25) is 5.91 Å². The lowest BCUT2D eigenvalue weighted by Crippen LogP contribution is -2.37. The van der Waals surface area contributed by atoms with Gasteiger partial charge in [-0.1, -0.05) is 42.5 Å². The van der Waals surface area contributed by atoms with Crippen LogP contribution >= 0.6 is 0 Å². The number of rotatable bonds is 4. The van der Waals surface area contributed by atoms with Crippen molar-refractivity contribution < 1.29 is 9.18 Å². The summed E-state index contributed by atoms with van der Waals surface area (Å²) in [4.78, 5) is 20.1. The average molecular weight is 501 g/mol. The van der Waals surface area contributed by atoms with E-state index in [0.29, 0.717) is 31.5 Å². The van der Waals surface area contributed by atoms with Crippen molar-refractivity contribution in [1.82, 2.24) is 9.55 Å². The fraction of sp³-hybridized carbons (Fsp3) is 0.156. The normalized spacial score (nSPS) is 14.6. The number of carbonyl (C=O) groups is 1. The molecular formula is C32H25FN4O. The summed E-state index contributed by atoms with van der Waals surface area (Å²) >= 11 is 0. The van der Waals surface area contributed by atoms with Gasteiger partial charge in [-0.25, -0.2) is 4.39 Å². The second-order valence-electron chi connectivity index (χ2n) is 9.62. The second kappa shape index (κ2) is 9.95. The Labute approximate surface area is 220 Å². The fourth-order valence-electron chi connectivity index (χ4n) is 5.43. The molecule has 0 unspecified atom stereocenters. The number of benzene rings is 3. The first-order valence-corrected chi connectivity index (χ1v) is 12.7. The quantitative estimate of drug-likeness (QED) is 0.251. The number of nitriles is 1. The summed E-state index contributed by atoms with van der Waals surface area (Å²) in [5, 5.41) is 13.1. The second-order valence-corrected chi connectivity index (χ2v) is 9.62. The van der Waals surface area contributed by atoms with E-state index in [1.807, 2.05) is 73.1 Å². The molecule has 1 fully saturated rings. The molecule has 0 amide bonds. The Balaban J connectivity index is 1.33. The van der Waals surface area contributed by atoms with Crippen LogP contribution in [0.3, 0.4) is 0 Å². The third-order valence-corrected chi connectivity index (χ3v) is 7.39. The number of fused-ring (bicyclic) bond motifs is 2. The van der Waals surface area contributed by atoms with Gasteiger partial charge in [-0.15, -0.1) is 0 Å². The standard InChI is InChI=1S/C32H25FN4O/c33-26-7-4-8-27(18-26)36-15-12-22(13-16-36)32(38)37-21-30(29-9-1-2-10-31(29)37)25(19-34)17-23-5-3-6-24-20-35-14-11-28(23)24/h1-11,14,17-18,20-22H,12-13,15-16H2. The van der Waals surface area contributed by atoms with E-state index in [9.17, 15) is 14.4 Å². The van der Waals surface area contributed by atoms with Crippen molar-refractivity contribution >= 4 is 44.9 Å². The van der Waals surface area contributed by atoms with Crippen molar-refractivity contribution in [2.75, 3.05) is 18.0 Å². The molecular weight excluding hydrogens is 475 g/mol. The Hall–Kier alpha value is -4.76. The lowest BCUT2D eigenvalue weighted by Gasteiger charge is -2.33. The minimum absolute atomic E-state index is 0.0277. The van der Waals surface area contributed by atoms with Gasteiger partial charge in [0.05, 0.1) is 17.2 Å². The number of pyridine rings is 1. The molecule has 6 rings (SSSR count). The maximum Gasteiger partial charge on any atom is 0.234 e. The zero-order valence-corrected chi connectivity index (χ0v) is 20.7. The zero-order valence-electron chi connectivity index (χ0n) is 20.7. The first kappa shape index (κ1) is 23.6. The van der Waals surface area contributed by atoms with Gasteiger partial charge < -0.3 is 4.90 Å². The van der Waals surface area contributed by atoms with E-state index in [1.54, 1.807) is 16.8 Å². The molecule has 0 radical (unpaired) electrons. The summed E-state index contributed by atoms with van der Waals surface area (Å²) < 4.78 is 15.4. The number of halogens is 1. The highest BCUT2D eigenvalue weighted by atomic mass is 19.1. The van der Waals surface area contributed by atoms with E-state index >= 15 is 0 Å². The van der Waals surface area contributed by atoms with Gasteiger partial charge in [-0.05, 0) is 60.2 Å². The molecule has 1 saturated heterocycles. The molecule has 0 atom stereocenters. The number of piperidine rings is 1. The maximum absolute atomic E-state index is 13.7. The van der Waals surface area contributed by atoms with E-state index in [1.165, 1.54) is 12.1 Å². The van der Waals surface area contributed by atoms with Crippen LogP contribution in [0.25, 0.3) is 33.3 Å². The van der Waals surface area contributed by atoms with Gasteiger partial charge in [-0.2, -0.15) is 5.26 Å². The third-order valence-electron chi connectivity index (χ3n) is 7.39. The molecule has 0 spiro atoms. The van der Waals surface area contributed by atoms with Crippen LogP contribution in [0.5, 0.6) is 0 Å². The Morgan fingerprint density at radius 3 is 2.63 bits per heavy atom. The zero-order chi connectivity index (χ0) is 26.1. The van der Waals surface area contributed by atoms with Gasteiger partial charge in [0, 0.05) is 59.6 Å². The molecule has 5 aromatic rings. The molecule has 0 saturated carbocycles. The Kier molecular flexibility index (Phi) is 6.19. The molecule has 0 aliphatic carbocycles. The molecule has 186 valence electrons. The predicted octanol–water partition coefficient (Wildman–Crippen LogP) is 6.95. The van der Waals surface area contributed by atoms with E-state index in [-0.39, 0.29) is 17.6 Å². The predicted molar refractivity (Wildman–Crippen MR) is 149 cm³/mol. The summed E-state index contributed by atoms with van der Waals surface area (Å²) in [7, 11) is 0. The third kappa shape index (κ3) is 4.33. The van der Waals surface area contributed by atoms with Crippen LogP contribution in [0.4, 0.5) is 10.1 Å². The Morgan fingerprint density at radius 1 is 1.00 bits per heavy atom. The van der Waals surface area contributed by atoms with E-state index < -0.39 is 0 Å². The van der Waals surface area contributed by atoms with Crippen LogP contribution in [0.1, 0.15) is 28.8 Å². The summed E-state index contributed by atoms with van der Waals surface area (Å²) in [5.74, 6) is -0.378. The molecule has 5 nitrogen and oxygen atoms in total. The molecule has 3 aromatic carbocycles. The molecule has 0 N–H and O–H groups in total. The van der Waals surface area contributed by atoms with Gasteiger partial charge in [0.15, 0.2) is 0 Å². The van der Waals surface area contributed by atoms with E-state index in [0.717, 1.165) is 38.5 Å². The summed E-state index contributed by atoms with van der Waals surface area (Å²) in [6.45, 7) is 1.37. The minimum atomic E-state index is -0.256. The number of anilines is 1. The van der Waals surface area contributed by atoms with Crippen LogP contribution in [0.2, 0.25) is 0 Å². The highest BCUT2D eigenvalue weighted by molar-refractivity contribution is 6.06. The number of carbonyl (C=O) groups excluding carboxylic acids is 1. The highest BCUT2D eigenvalue weighted by Gasteiger charge is 2.28. The number of nitrogens with zero attached hydrogens (tertiary/aromatic N) is 4. The molecule has 6 heteroatoms. The van der Waals surface area contributed by atoms with Crippen LogP contribution in [-0.2, 0) is 0 Å². The number of allylic oxidation sites excluding steroid dienone is 1. The van der Waals surface area contributed by atoms with Gasteiger partial charge in [0.1, 0.15) is 5.82 Å². The highest BCUT2D eigenvalue weighted by Crippen LogP contribution is 2.32. The minimum Gasteiger partial charge on any atom is -0.371 e. The van der Waals surface area contributed by atoms with Gasteiger partial charge in [-0.3, -0.25) is 14.3 Å². The summed E-state index contributed by atoms with van der Waals surface area (Å²) in [6, 6.07) is 24.6. The summed E-state index contributed by atoms with van der Waals surface area (Å²) in [6.07, 6.45) is 8.62. The fourth-order valence-corrected chi connectivity index (χ4v) is 5.43. The Morgan fingerprint density at radius 2 is 1.82 bits per heavy atom. The maximum atomic E-state index is 13.7.